The van der Waals surface area contributed by atoms with Crippen molar-refractivity contribution in [1.82, 2.24) is 4.90 Å². The van der Waals surface area contributed by atoms with Gasteiger partial charge in [-0.25, -0.2) is 4.39 Å². The van der Waals surface area contributed by atoms with E-state index in [0.29, 0.717) is 18.8 Å². The molecule has 4 rings (SSSR count). The highest BCUT2D eigenvalue weighted by atomic mass is 19.1. The molecule has 1 saturated carbocycles. The maximum Gasteiger partial charge on any atom is 0.131 e. The molecule has 2 aromatic carbocycles. The van der Waals surface area contributed by atoms with E-state index in [2.05, 4.69) is 35.2 Å². The predicted octanol–water partition coefficient (Wildman–Crippen LogP) is 3.77. The van der Waals surface area contributed by atoms with E-state index in [4.69, 9.17) is 10.5 Å². The van der Waals surface area contributed by atoms with Crippen LogP contribution in [0.2, 0.25) is 0 Å². The van der Waals surface area contributed by atoms with E-state index < -0.39 is 0 Å². The summed E-state index contributed by atoms with van der Waals surface area (Å²) in [4.78, 5) is 2.36. The van der Waals surface area contributed by atoms with Crippen molar-refractivity contribution in [3.05, 3.63) is 65.0 Å². The molecule has 0 amide bonds. The zero-order valence-corrected chi connectivity index (χ0v) is 14.7. The summed E-state index contributed by atoms with van der Waals surface area (Å²) in [5.41, 5.74) is 9.43. The van der Waals surface area contributed by atoms with Gasteiger partial charge in [-0.15, -0.1) is 0 Å². The van der Waals surface area contributed by atoms with Crippen LogP contribution in [0.15, 0.2) is 42.5 Å². The molecule has 132 valence electrons. The third-order valence-corrected chi connectivity index (χ3v) is 6.03. The monoisotopic (exact) mass is 340 g/mol. The van der Waals surface area contributed by atoms with E-state index in [1.807, 2.05) is 6.07 Å². The molecule has 4 heteroatoms. The van der Waals surface area contributed by atoms with Gasteiger partial charge >= 0.3 is 0 Å². The number of hydrogen-bond donors (Lipinski definition) is 1. The highest BCUT2D eigenvalue weighted by Crippen LogP contribution is 2.47. The topological polar surface area (TPSA) is 38.5 Å². The van der Waals surface area contributed by atoms with Gasteiger partial charge in [0, 0.05) is 42.7 Å². The molecule has 1 fully saturated rings. The fourth-order valence-corrected chi connectivity index (χ4v) is 4.49. The number of nitrogens with zero attached hydrogens (tertiary/aromatic N) is 1. The lowest BCUT2D eigenvalue weighted by molar-refractivity contribution is 0.112. The van der Waals surface area contributed by atoms with E-state index in [1.54, 1.807) is 7.11 Å². The minimum absolute atomic E-state index is 0.0563. The average Bonchev–Trinajstić information content (AvgIpc) is 2.96. The van der Waals surface area contributed by atoms with Crippen LogP contribution in [0.4, 0.5) is 4.39 Å². The van der Waals surface area contributed by atoms with Crippen LogP contribution >= 0.6 is 0 Å². The van der Waals surface area contributed by atoms with Gasteiger partial charge in [0.05, 0.1) is 7.11 Å². The summed E-state index contributed by atoms with van der Waals surface area (Å²) in [5.74, 6) is 0.385. The number of nitrogens with two attached hydrogens (primary N) is 1. The summed E-state index contributed by atoms with van der Waals surface area (Å²) in [6.07, 6.45) is 3.63. The highest BCUT2D eigenvalue weighted by molar-refractivity contribution is 5.42. The minimum atomic E-state index is -0.183. The number of ether oxygens (including phenoxy) is 1. The van der Waals surface area contributed by atoms with Crippen LogP contribution in [0.3, 0.4) is 0 Å². The van der Waals surface area contributed by atoms with Crippen molar-refractivity contribution >= 4 is 0 Å². The van der Waals surface area contributed by atoms with Gasteiger partial charge in [0.1, 0.15) is 11.6 Å². The molecule has 1 aliphatic carbocycles. The Bertz CT molecular complexity index is 758. The zero-order valence-electron chi connectivity index (χ0n) is 14.7. The van der Waals surface area contributed by atoms with Gasteiger partial charge in [0.2, 0.25) is 0 Å². The number of halogens is 1. The summed E-state index contributed by atoms with van der Waals surface area (Å²) >= 11 is 0. The van der Waals surface area contributed by atoms with Gasteiger partial charge in [-0.1, -0.05) is 36.8 Å². The molecule has 2 aromatic rings. The predicted molar refractivity (Wildman–Crippen MR) is 97.1 cm³/mol. The van der Waals surface area contributed by atoms with Crippen LogP contribution in [-0.4, -0.2) is 25.1 Å². The Morgan fingerprint density at radius 1 is 1.24 bits per heavy atom. The van der Waals surface area contributed by atoms with E-state index >= 15 is 0 Å². The lowest BCUT2D eigenvalue weighted by atomic mass is 9.64. The van der Waals surface area contributed by atoms with Crippen molar-refractivity contribution in [2.24, 2.45) is 5.73 Å². The second-order valence-electron chi connectivity index (χ2n) is 7.33. The van der Waals surface area contributed by atoms with Crippen LogP contribution in [-0.2, 0) is 12.0 Å². The number of fused-ring (bicyclic) bond motifs is 1. The summed E-state index contributed by atoms with van der Waals surface area (Å²) in [5, 5.41) is 0. The lowest BCUT2D eigenvalue weighted by Gasteiger charge is -2.46. The second-order valence-corrected chi connectivity index (χ2v) is 7.33. The van der Waals surface area contributed by atoms with Crippen molar-refractivity contribution in [1.29, 1.82) is 0 Å². The number of rotatable bonds is 5. The zero-order chi connectivity index (χ0) is 17.4. The number of benzene rings is 2. The quantitative estimate of drug-likeness (QED) is 0.900. The van der Waals surface area contributed by atoms with Crippen molar-refractivity contribution < 1.29 is 9.13 Å². The van der Waals surface area contributed by atoms with Crippen LogP contribution in [0.25, 0.3) is 0 Å². The molecule has 1 aliphatic heterocycles. The maximum atomic E-state index is 14.5. The van der Waals surface area contributed by atoms with Crippen molar-refractivity contribution in [2.45, 2.75) is 37.3 Å². The van der Waals surface area contributed by atoms with E-state index in [1.165, 1.54) is 30.9 Å². The molecule has 0 radical (unpaired) electrons. The third kappa shape index (κ3) is 2.74. The Morgan fingerprint density at radius 3 is 2.60 bits per heavy atom. The molecule has 25 heavy (non-hydrogen) atoms. The van der Waals surface area contributed by atoms with Gasteiger partial charge in [-0.2, -0.15) is 0 Å². The Labute approximate surface area is 148 Å². The van der Waals surface area contributed by atoms with Crippen LogP contribution in [0.1, 0.15) is 42.0 Å². The standard InChI is InChI=1S/C21H25FN2O/c1-25-16-10-17-18(19(22)11-16)13-24(20(17)12-23)14-21(8-5-9-21)15-6-3-2-4-7-15/h2-4,6-7,10-11,20H,5,8-9,12-14,23H2,1H3. The van der Waals surface area contributed by atoms with Crippen molar-refractivity contribution in [2.75, 3.05) is 20.2 Å². The molecular weight excluding hydrogens is 315 g/mol. The molecule has 0 aromatic heterocycles. The molecule has 0 bridgehead atoms. The fourth-order valence-electron chi connectivity index (χ4n) is 4.49. The lowest BCUT2D eigenvalue weighted by Crippen LogP contribution is -2.46. The minimum Gasteiger partial charge on any atom is -0.497 e. The molecular formula is C21H25FN2O. The maximum absolute atomic E-state index is 14.5. The molecule has 1 heterocycles. The third-order valence-electron chi connectivity index (χ3n) is 6.03. The Morgan fingerprint density at radius 2 is 2.00 bits per heavy atom. The number of methoxy groups -OCH3 is 1. The Kier molecular flexibility index (Phi) is 4.26. The summed E-state index contributed by atoms with van der Waals surface area (Å²) < 4.78 is 19.8. The summed E-state index contributed by atoms with van der Waals surface area (Å²) in [7, 11) is 1.57. The molecule has 0 saturated heterocycles. The smallest absolute Gasteiger partial charge is 0.131 e. The molecule has 1 unspecified atom stereocenters. The van der Waals surface area contributed by atoms with Crippen LogP contribution < -0.4 is 10.5 Å². The summed E-state index contributed by atoms with van der Waals surface area (Å²) in [6, 6.07) is 14.2. The fraction of sp³-hybridized carbons (Fsp3) is 0.429. The van der Waals surface area contributed by atoms with Crippen LogP contribution in [0, 0.1) is 5.82 Å². The average molecular weight is 340 g/mol. The van der Waals surface area contributed by atoms with Crippen molar-refractivity contribution in [3.63, 3.8) is 0 Å². The Balaban J connectivity index is 1.64. The number of hydrogen-bond acceptors (Lipinski definition) is 3. The van der Waals surface area contributed by atoms with E-state index in [-0.39, 0.29) is 17.3 Å². The first-order valence-electron chi connectivity index (χ1n) is 9.03. The van der Waals surface area contributed by atoms with E-state index in [0.717, 1.165) is 17.7 Å². The molecule has 1 atom stereocenters. The van der Waals surface area contributed by atoms with Gasteiger partial charge in [-0.05, 0) is 30.0 Å². The SMILES string of the molecule is COc1cc(F)c2c(c1)C(CN)N(CC1(c3ccccc3)CCC1)C2. The van der Waals surface area contributed by atoms with Gasteiger partial charge in [0.15, 0.2) is 0 Å². The molecule has 3 nitrogen and oxygen atoms in total. The Hall–Kier alpha value is -1.91. The van der Waals surface area contributed by atoms with Gasteiger partial charge in [0.25, 0.3) is 0 Å². The van der Waals surface area contributed by atoms with Crippen molar-refractivity contribution in [3.8, 4) is 5.75 Å². The summed E-state index contributed by atoms with van der Waals surface area (Å²) in [6.45, 7) is 2.04. The van der Waals surface area contributed by atoms with E-state index in [9.17, 15) is 4.39 Å². The van der Waals surface area contributed by atoms with Gasteiger partial charge < -0.3 is 10.5 Å². The first kappa shape index (κ1) is 16.6. The second kappa shape index (κ2) is 6.43. The molecule has 0 spiro atoms. The van der Waals surface area contributed by atoms with Crippen LogP contribution in [0.5, 0.6) is 5.75 Å². The normalized spacial score (nSPS) is 21.6. The first-order valence-corrected chi connectivity index (χ1v) is 9.03. The van der Waals surface area contributed by atoms with Gasteiger partial charge in [-0.3, -0.25) is 4.90 Å². The highest BCUT2D eigenvalue weighted by Gasteiger charge is 2.43. The first-order chi connectivity index (χ1) is 12.2. The largest absolute Gasteiger partial charge is 0.497 e. The molecule has 2 aliphatic rings. The molecule has 2 N–H and O–H groups in total.